The maximum atomic E-state index is 12.6. The number of alkyl halides is 3. The van der Waals surface area contributed by atoms with E-state index in [0.29, 0.717) is 6.07 Å². The Kier molecular flexibility index (Phi) is 3.85. The van der Waals surface area contributed by atoms with Crippen LogP contribution in [0.2, 0.25) is 0 Å². The molecule has 1 heterocycles. The molecule has 116 valence electrons. The van der Waals surface area contributed by atoms with E-state index < -0.39 is 29.1 Å². The van der Waals surface area contributed by atoms with Crippen LogP contribution in [0.15, 0.2) is 18.2 Å². The second-order valence-electron chi connectivity index (χ2n) is 4.71. The smallest absolute Gasteiger partial charge is 0.416 e. The normalized spacial score (nSPS) is 17.5. The molecule has 0 radical (unpaired) electrons. The summed E-state index contributed by atoms with van der Waals surface area (Å²) in [6, 6.07) is 2.65. The van der Waals surface area contributed by atoms with Gasteiger partial charge >= 0.3 is 12.1 Å². The van der Waals surface area contributed by atoms with Crippen LogP contribution in [-0.2, 0) is 15.7 Å². The molecule has 21 heavy (non-hydrogen) atoms. The molecule has 8 heteroatoms. The van der Waals surface area contributed by atoms with Crippen molar-refractivity contribution in [2.24, 2.45) is 0 Å². The molecule has 0 atom stereocenters. The van der Waals surface area contributed by atoms with Gasteiger partial charge in [0, 0.05) is 14.2 Å². The molecule has 0 spiro atoms. The number of halogens is 3. The van der Waals surface area contributed by atoms with Gasteiger partial charge in [0.25, 0.3) is 0 Å². The number of benzene rings is 1. The number of hydrogen-bond acceptors (Lipinski definition) is 4. The van der Waals surface area contributed by atoms with Gasteiger partial charge in [0.2, 0.25) is 5.79 Å². The van der Waals surface area contributed by atoms with Gasteiger partial charge in [-0.2, -0.15) is 13.2 Å². The highest BCUT2D eigenvalue weighted by molar-refractivity contribution is 5.95. The summed E-state index contributed by atoms with van der Waals surface area (Å²) in [7, 11) is 2.90. The zero-order chi connectivity index (χ0) is 15.8. The number of hydrogen-bond donors (Lipinski definition) is 1. The highest BCUT2D eigenvalue weighted by Crippen LogP contribution is 2.36. The third-order valence-corrected chi connectivity index (χ3v) is 3.50. The number of methoxy groups -OCH3 is 2. The number of rotatable bonds is 4. The van der Waals surface area contributed by atoms with Crippen LogP contribution >= 0.6 is 0 Å². The summed E-state index contributed by atoms with van der Waals surface area (Å²) >= 11 is 0. The van der Waals surface area contributed by atoms with Crippen molar-refractivity contribution >= 4 is 11.7 Å². The van der Waals surface area contributed by atoms with Crippen LogP contribution in [0.4, 0.5) is 18.9 Å². The first kappa shape index (κ1) is 15.6. The van der Waals surface area contributed by atoms with Crippen LogP contribution in [0.5, 0.6) is 0 Å². The van der Waals surface area contributed by atoms with Crippen LogP contribution in [0.25, 0.3) is 0 Å². The molecule has 1 fully saturated rings. The van der Waals surface area contributed by atoms with E-state index in [2.05, 4.69) is 0 Å². The lowest BCUT2D eigenvalue weighted by Gasteiger charge is -2.49. The summed E-state index contributed by atoms with van der Waals surface area (Å²) in [5.41, 5.74) is -1.18. The number of aromatic carboxylic acids is 1. The van der Waals surface area contributed by atoms with E-state index in [9.17, 15) is 18.0 Å². The number of carboxylic acid groups (broad SMARTS) is 1. The number of carboxylic acids is 1. The predicted octanol–water partition coefficient (Wildman–Crippen LogP) is 2.21. The largest absolute Gasteiger partial charge is 0.478 e. The Morgan fingerprint density at radius 1 is 1.29 bits per heavy atom. The Hall–Kier alpha value is -1.80. The quantitative estimate of drug-likeness (QED) is 0.864. The van der Waals surface area contributed by atoms with E-state index >= 15 is 0 Å². The first-order valence-electron chi connectivity index (χ1n) is 6.02. The fraction of sp³-hybridized carbons (Fsp3) is 0.462. The van der Waals surface area contributed by atoms with Crippen molar-refractivity contribution in [2.45, 2.75) is 12.0 Å². The van der Waals surface area contributed by atoms with Crippen molar-refractivity contribution in [1.82, 2.24) is 0 Å². The van der Waals surface area contributed by atoms with Crippen LogP contribution < -0.4 is 4.90 Å². The number of ether oxygens (including phenoxy) is 2. The van der Waals surface area contributed by atoms with Crippen LogP contribution in [0, 0.1) is 0 Å². The summed E-state index contributed by atoms with van der Waals surface area (Å²) < 4.78 is 48.3. The predicted molar refractivity (Wildman–Crippen MR) is 67.4 cm³/mol. The first-order valence-corrected chi connectivity index (χ1v) is 6.02. The summed E-state index contributed by atoms with van der Waals surface area (Å²) in [6.07, 6.45) is -4.58. The minimum absolute atomic E-state index is 0.209. The molecule has 5 nitrogen and oxygen atoms in total. The molecule has 1 aliphatic rings. The Labute approximate surface area is 118 Å². The van der Waals surface area contributed by atoms with E-state index in [1.165, 1.54) is 14.2 Å². The Bertz CT molecular complexity index is 547. The van der Waals surface area contributed by atoms with Gasteiger partial charge in [0.1, 0.15) is 0 Å². The van der Waals surface area contributed by atoms with Crippen molar-refractivity contribution in [1.29, 1.82) is 0 Å². The van der Waals surface area contributed by atoms with E-state index in [1.807, 2.05) is 0 Å². The molecular formula is C13H14F3NO4. The van der Waals surface area contributed by atoms with Crippen LogP contribution in [0.3, 0.4) is 0 Å². The highest BCUT2D eigenvalue weighted by atomic mass is 19.4. The molecule has 0 amide bonds. The zero-order valence-electron chi connectivity index (χ0n) is 11.4. The van der Waals surface area contributed by atoms with Gasteiger partial charge in [0.05, 0.1) is 29.9 Å². The third kappa shape index (κ3) is 2.81. The molecule has 0 aromatic heterocycles. The summed E-state index contributed by atoms with van der Waals surface area (Å²) in [6.45, 7) is 0.483. The molecule has 1 aromatic carbocycles. The fourth-order valence-corrected chi connectivity index (χ4v) is 2.21. The number of nitrogens with zero attached hydrogens (tertiary/aromatic N) is 1. The first-order chi connectivity index (χ1) is 9.72. The SMILES string of the molecule is COC1(OC)CN(c2ccc(C(F)(F)F)cc2C(=O)O)C1. The highest BCUT2D eigenvalue weighted by Gasteiger charge is 2.45. The topological polar surface area (TPSA) is 59.0 Å². The van der Waals surface area contributed by atoms with Crippen molar-refractivity contribution in [3.63, 3.8) is 0 Å². The van der Waals surface area contributed by atoms with Crippen molar-refractivity contribution in [3.05, 3.63) is 29.3 Å². The van der Waals surface area contributed by atoms with E-state index in [0.717, 1.165) is 12.1 Å². The Morgan fingerprint density at radius 2 is 1.86 bits per heavy atom. The van der Waals surface area contributed by atoms with E-state index in [4.69, 9.17) is 14.6 Å². The lowest BCUT2D eigenvalue weighted by molar-refractivity contribution is -0.219. The summed E-state index contributed by atoms with van der Waals surface area (Å²) in [5, 5.41) is 9.11. The maximum absolute atomic E-state index is 12.6. The molecule has 1 saturated heterocycles. The van der Waals surface area contributed by atoms with Crippen molar-refractivity contribution in [2.75, 3.05) is 32.2 Å². The maximum Gasteiger partial charge on any atom is 0.416 e. The van der Waals surface area contributed by atoms with Crippen LogP contribution in [-0.4, -0.2) is 44.2 Å². The third-order valence-electron chi connectivity index (χ3n) is 3.50. The second kappa shape index (κ2) is 5.19. The monoisotopic (exact) mass is 305 g/mol. The van der Waals surface area contributed by atoms with Crippen molar-refractivity contribution < 1.29 is 32.5 Å². The summed E-state index contributed by atoms with van der Waals surface area (Å²) in [5.74, 6) is -2.26. The van der Waals surface area contributed by atoms with Gasteiger partial charge in [-0.1, -0.05) is 0 Å². The lowest BCUT2D eigenvalue weighted by atomic mass is 10.0. The van der Waals surface area contributed by atoms with E-state index in [1.54, 1.807) is 4.90 Å². The zero-order valence-corrected chi connectivity index (χ0v) is 11.4. The molecule has 1 N–H and O–H groups in total. The lowest BCUT2D eigenvalue weighted by Crippen LogP contribution is -2.64. The Morgan fingerprint density at radius 3 is 2.29 bits per heavy atom. The average molecular weight is 305 g/mol. The van der Waals surface area contributed by atoms with Crippen molar-refractivity contribution in [3.8, 4) is 0 Å². The number of carbonyl (C=O) groups is 1. The molecule has 1 aromatic rings. The standard InChI is InChI=1S/C13H14F3NO4/c1-20-12(21-2)6-17(7-12)10-4-3-8(13(14,15)16)5-9(10)11(18)19/h3-5H,6-7H2,1-2H3,(H,18,19). The molecule has 1 aliphatic heterocycles. The van der Waals surface area contributed by atoms with Gasteiger partial charge in [-0.3, -0.25) is 0 Å². The molecule has 0 bridgehead atoms. The molecular weight excluding hydrogens is 291 g/mol. The van der Waals surface area contributed by atoms with Gasteiger partial charge in [0.15, 0.2) is 0 Å². The molecule has 2 rings (SSSR count). The Balaban J connectivity index is 2.32. The minimum Gasteiger partial charge on any atom is -0.478 e. The molecule has 0 unspecified atom stereocenters. The minimum atomic E-state index is -4.58. The number of anilines is 1. The van der Waals surface area contributed by atoms with Gasteiger partial charge < -0.3 is 19.5 Å². The molecule has 0 saturated carbocycles. The molecule has 0 aliphatic carbocycles. The van der Waals surface area contributed by atoms with Gasteiger partial charge in [-0.05, 0) is 18.2 Å². The van der Waals surface area contributed by atoms with E-state index in [-0.39, 0.29) is 18.8 Å². The summed E-state index contributed by atoms with van der Waals surface area (Å²) in [4.78, 5) is 12.8. The van der Waals surface area contributed by atoms with Gasteiger partial charge in [-0.15, -0.1) is 0 Å². The fourth-order valence-electron chi connectivity index (χ4n) is 2.21. The van der Waals surface area contributed by atoms with Gasteiger partial charge in [-0.25, -0.2) is 4.79 Å². The van der Waals surface area contributed by atoms with Crippen LogP contribution in [0.1, 0.15) is 15.9 Å². The average Bonchev–Trinajstić information content (AvgIpc) is 2.37. The second-order valence-corrected chi connectivity index (χ2v) is 4.71.